The number of rotatable bonds is 2. The number of hydrazine groups is 1. The number of hydrogen-bond acceptors (Lipinski definition) is 4. The van der Waals surface area contributed by atoms with Gasteiger partial charge in [-0.2, -0.15) is 0 Å². The third-order valence-corrected chi connectivity index (χ3v) is 5.92. The standard InChI is InChI=1S/C22H22FN5/c1-12-13(2)28(3)22(25-12)19-20(14-7-9-16(23)10-8-14)26-17-6-4-5-15-11-24-27-21(19)18(15)17/h4-11,19-20,24,26-27H,1-3H3. The van der Waals surface area contributed by atoms with Crippen LogP contribution in [0.3, 0.4) is 0 Å². The molecule has 2 unspecified atom stereocenters. The van der Waals surface area contributed by atoms with Crippen molar-refractivity contribution in [1.82, 2.24) is 20.4 Å². The van der Waals surface area contributed by atoms with Gasteiger partial charge in [0, 0.05) is 35.1 Å². The highest BCUT2D eigenvalue weighted by Crippen LogP contribution is 2.40. The third kappa shape index (κ3) is 2.41. The molecule has 2 atom stereocenters. The number of aromatic nitrogens is 2. The summed E-state index contributed by atoms with van der Waals surface area (Å²) in [6.45, 7) is 4.12. The molecule has 0 amide bonds. The van der Waals surface area contributed by atoms with Crippen LogP contribution in [0, 0.1) is 19.7 Å². The quantitative estimate of drug-likeness (QED) is 0.642. The van der Waals surface area contributed by atoms with Crippen molar-refractivity contribution < 1.29 is 4.39 Å². The second-order valence-corrected chi connectivity index (χ2v) is 7.45. The maximum atomic E-state index is 13.6. The van der Waals surface area contributed by atoms with Gasteiger partial charge < -0.3 is 20.7 Å². The van der Waals surface area contributed by atoms with Crippen LogP contribution in [0.15, 0.2) is 42.5 Å². The van der Waals surface area contributed by atoms with E-state index in [0.29, 0.717) is 0 Å². The molecule has 2 aliphatic rings. The number of benzene rings is 2. The molecule has 2 aliphatic heterocycles. The molecule has 3 heterocycles. The number of imidazole rings is 1. The Balaban J connectivity index is 1.80. The maximum absolute atomic E-state index is 13.6. The lowest BCUT2D eigenvalue weighted by atomic mass is 9.84. The fourth-order valence-corrected chi connectivity index (χ4v) is 4.26. The van der Waals surface area contributed by atoms with Crippen molar-refractivity contribution in [2.24, 2.45) is 7.05 Å². The zero-order valence-corrected chi connectivity index (χ0v) is 16.0. The fourth-order valence-electron chi connectivity index (χ4n) is 4.26. The van der Waals surface area contributed by atoms with Gasteiger partial charge >= 0.3 is 0 Å². The second kappa shape index (κ2) is 6.12. The number of hydrogen-bond donors (Lipinski definition) is 3. The van der Waals surface area contributed by atoms with Gasteiger partial charge in [0.2, 0.25) is 0 Å². The minimum Gasteiger partial charge on any atom is -0.377 e. The Morgan fingerprint density at radius 2 is 1.86 bits per heavy atom. The molecule has 5 rings (SSSR count). The number of aryl methyl sites for hydroxylation is 1. The summed E-state index contributed by atoms with van der Waals surface area (Å²) >= 11 is 0. The Bertz CT molecular complexity index is 1190. The average molecular weight is 375 g/mol. The summed E-state index contributed by atoms with van der Waals surface area (Å²) in [5.41, 5.74) is 11.9. The van der Waals surface area contributed by atoms with E-state index in [1.54, 1.807) is 0 Å². The van der Waals surface area contributed by atoms with Crippen LogP contribution in [0.5, 0.6) is 0 Å². The van der Waals surface area contributed by atoms with Gasteiger partial charge in [0.1, 0.15) is 11.6 Å². The van der Waals surface area contributed by atoms with Crippen molar-refractivity contribution in [2.75, 3.05) is 5.32 Å². The minimum atomic E-state index is -0.234. The monoisotopic (exact) mass is 375 g/mol. The molecule has 0 saturated carbocycles. The highest BCUT2D eigenvalue weighted by molar-refractivity contribution is 5.69. The molecular formula is C22H22FN5. The lowest BCUT2D eigenvalue weighted by molar-refractivity contribution is 0.580. The lowest BCUT2D eigenvalue weighted by Crippen LogP contribution is -2.50. The topological polar surface area (TPSA) is 53.9 Å². The molecule has 5 nitrogen and oxygen atoms in total. The molecule has 0 fully saturated rings. The Labute approximate surface area is 162 Å². The highest BCUT2D eigenvalue weighted by Gasteiger charge is 2.37. The van der Waals surface area contributed by atoms with Crippen molar-refractivity contribution in [1.29, 1.82) is 0 Å². The number of halogens is 1. The van der Waals surface area contributed by atoms with Gasteiger partial charge in [0.15, 0.2) is 0 Å². The molecule has 142 valence electrons. The van der Waals surface area contributed by atoms with E-state index in [0.717, 1.165) is 44.6 Å². The summed E-state index contributed by atoms with van der Waals surface area (Å²) in [5, 5.41) is 5.98. The Morgan fingerprint density at radius 3 is 2.57 bits per heavy atom. The first kappa shape index (κ1) is 16.9. The zero-order valence-electron chi connectivity index (χ0n) is 16.0. The smallest absolute Gasteiger partial charge is 0.123 e. The summed E-state index contributed by atoms with van der Waals surface area (Å²) in [6.07, 6.45) is 1.97. The zero-order chi connectivity index (χ0) is 19.4. The van der Waals surface area contributed by atoms with Crippen LogP contribution in [0.1, 0.15) is 34.7 Å². The predicted octanol–water partition coefficient (Wildman–Crippen LogP) is 2.08. The molecular weight excluding hydrogens is 353 g/mol. The van der Waals surface area contributed by atoms with Gasteiger partial charge in [0.25, 0.3) is 0 Å². The van der Waals surface area contributed by atoms with Crippen LogP contribution in [-0.2, 0) is 7.05 Å². The van der Waals surface area contributed by atoms with Crippen molar-refractivity contribution in [2.45, 2.75) is 25.8 Å². The number of nitrogens with zero attached hydrogens (tertiary/aromatic N) is 2. The van der Waals surface area contributed by atoms with Gasteiger partial charge in [-0.05, 0) is 37.6 Å². The second-order valence-electron chi connectivity index (χ2n) is 7.45. The van der Waals surface area contributed by atoms with E-state index < -0.39 is 0 Å². The number of anilines is 1. The average Bonchev–Trinajstić information content (AvgIpc) is 2.96. The summed E-state index contributed by atoms with van der Waals surface area (Å²) in [4.78, 5) is 4.90. The fraction of sp³-hybridized carbons (Fsp3) is 0.227. The summed E-state index contributed by atoms with van der Waals surface area (Å²) in [5.74, 6) is 0.684. The van der Waals surface area contributed by atoms with Crippen molar-refractivity contribution in [3.8, 4) is 0 Å². The van der Waals surface area contributed by atoms with E-state index in [2.05, 4.69) is 46.8 Å². The molecule has 28 heavy (non-hydrogen) atoms. The molecule has 3 aromatic rings. The van der Waals surface area contributed by atoms with Crippen molar-refractivity contribution in [3.63, 3.8) is 0 Å². The Kier molecular flexibility index (Phi) is 3.69. The molecule has 0 aliphatic carbocycles. The van der Waals surface area contributed by atoms with E-state index in [1.807, 2.05) is 31.3 Å². The molecule has 0 saturated heterocycles. The van der Waals surface area contributed by atoms with Gasteiger partial charge in [-0.15, -0.1) is 0 Å². The van der Waals surface area contributed by atoms with E-state index in [-0.39, 0.29) is 17.8 Å². The van der Waals surface area contributed by atoms with E-state index in [9.17, 15) is 4.39 Å². The molecule has 0 bridgehead atoms. The normalized spacial score (nSPS) is 19.8. The predicted molar refractivity (Wildman–Crippen MR) is 108 cm³/mol. The van der Waals surface area contributed by atoms with Crippen LogP contribution >= 0.6 is 0 Å². The summed E-state index contributed by atoms with van der Waals surface area (Å²) in [7, 11) is 2.05. The van der Waals surface area contributed by atoms with Crippen LogP contribution < -0.4 is 26.6 Å². The van der Waals surface area contributed by atoms with Gasteiger partial charge in [-0.1, -0.05) is 24.3 Å². The maximum Gasteiger partial charge on any atom is 0.123 e. The van der Waals surface area contributed by atoms with Crippen molar-refractivity contribution in [3.05, 3.63) is 81.5 Å². The van der Waals surface area contributed by atoms with Gasteiger partial charge in [-0.25, -0.2) is 9.37 Å². The highest BCUT2D eigenvalue weighted by atomic mass is 19.1. The van der Waals surface area contributed by atoms with Crippen LogP contribution in [0.4, 0.5) is 10.1 Å². The minimum absolute atomic E-state index is 0.0577. The molecule has 2 aromatic carbocycles. The first-order valence-electron chi connectivity index (χ1n) is 9.41. The molecule has 0 spiro atoms. The number of nitrogens with one attached hydrogen (secondary N) is 3. The molecule has 1 aromatic heterocycles. The van der Waals surface area contributed by atoms with Crippen LogP contribution in [0.25, 0.3) is 11.9 Å². The molecule has 0 radical (unpaired) electrons. The van der Waals surface area contributed by atoms with Gasteiger partial charge in [-0.3, -0.25) is 0 Å². The first-order chi connectivity index (χ1) is 13.5. The first-order valence-corrected chi connectivity index (χ1v) is 9.41. The SMILES string of the molecule is Cc1nc(C2C3=c4c(cccc4=CNN3)NC2c2ccc(F)cc2)n(C)c1C. The van der Waals surface area contributed by atoms with Crippen LogP contribution in [-0.4, -0.2) is 9.55 Å². The van der Waals surface area contributed by atoms with E-state index in [1.165, 1.54) is 12.1 Å². The van der Waals surface area contributed by atoms with Gasteiger partial charge in [0.05, 0.1) is 23.4 Å². The third-order valence-electron chi connectivity index (χ3n) is 5.92. The van der Waals surface area contributed by atoms with Crippen LogP contribution in [0.2, 0.25) is 0 Å². The van der Waals surface area contributed by atoms with E-state index in [4.69, 9.17) is 4.98 Å². The Hall–Kier alpha value is -3.28. The largest absolute Gasteiger partial charge is 0.377 e. The molecule has 3 N–H and O–H groups in total. The summed E-state index contributed by atoms with van der Waals surface area (Å²) in [6, 6.07) is 12.9. The summed E-state index contributed by atoms with van der Waals surface area (Å²) < 4.78 is 15.7. The lowest BCUT2D eigenvalue weighted by Gasteiger charge is -2.36. The van der Waals surface area contributed by atoms with Crippen molar-refractivity contribution >= 4 is 17.6 Å². The van der Waals surface area contributed by atoms with E-state index >= 15 is 0 Å². The molecule has 6 heteroatoms. The Morgan fingerprint density at radius 1 is 1.07 bits per heavy atom.